The molecule has 0 atom stereocenters. The monoisotopic (exact) mass is 408 g/mol. The lowest BCUT2D eigenvalue weighted by atomic mass is 10.1. The number of nitrogens with zero attached hydrogens (tertiary/aromatic N) is 4. The van der Waals surface area contributed by atoms with Crippen molar-refractivity contribution in [2.75, 3.05) is 10.6 Å². The lowest BCUT2D eigenvalue weighted by Crippen LogP contribution is -2.26. The summed E-state index contributed by atoms with van der Waals surface area (Å²) in [5.74, 6) is -0.546. The van der Waals surface area contributed by atoms with Gasteiger partial charge in [0.2, 0.25) is 5.95 Å². The van der Waals surface area contributed by atoms with Crippen LogP contribution in [0.25, 0.3) is 0 Å². The van der Waals surface area contributed by atoms with Gasteiger partial charge in [-0.2, -0.15) is 10.1 Å². The van der Waals surface area contributed by atoms with Crippen molar-refractivity contribution in [1.29, 1.82) is 0 Å². The Kier molecular flexibility index (Phi) is 5.76. The molecule has 0 aliphatic heterocycles. The Morgan fingerprint density at radius 1 is 1.25 bits per heavy atom. The third-order valence-corrected chi connectivity index (χ3v) is 3.91. The minimum atomic E-state index is -0.899. The molecule has 3 N–H and O–H groups in total. The maximum absolute atomic E-state index is 13.7. The van der Waals surface area contributed by atoms with Crippen molar-refractivity contribution in [3.8, 4) is 0 Å². The van der Waals surface area contributed by atoms with Gasteiger partial charge in [-0.15, -0.1) is 0 Å². The highest BCUT2D eigenvalue weighted by molar-refractivity contribution is 6.32. The molecule has 28 heavy (non-hydrogen) atoms. The normalized spacial score (nSPS) is 11.5. The van der Waals surface area contributed by atoms with E-state index >= 15 is 0 Å². The van der Waals surface area contributed by atoms with Crippen LogP contribution >= 0.6 is 11.6 Å². The highest BCUT2D eigenvalue weighted by atomic mass is 35.5. The SMILES string of the molecule is CC(C)(O)Cn1cc(Nc2ncc(Cl)c(NCc3cc(F)ccc3F)n2)cn1. The predicted octanol–water partition coefficient (Wildman–Crippen LogP) is 3.73. The van der Waals surface area contributed by atoms with E-state index in [4.69, 9.17) is 11.6 Å². The van der Waals surface area contributed by atoms with E-state index in [1.165, 1.54) is 6.20 Å². The summed E-state index contributed by atoms with van der Waals surface area (Å²) in [5, 5.41) is 20.1. The van der Waals surface area contributed by atoms with E-state index in [1.54, 1.807) is 30.9 Å². The number of aromatic nitrogens is 4. The van der Waals surface area contributed by atoms with Gasteiger partial charge in [0.15, 0.2) is 5.82 Å². The Labute approximate surface area is 165 Å². The van der Waals surface area contributed by atoms with Crippen molar-refractivity contribution in [2.24, 2.45) is 0 Å². The minimum absolute atomic E-state index is 0.00326. The number of rotatable bonds is 7. The summed E-state index contributed by atoms with van der Waals surface area (Å²) in [6.07, 6.45) is 4.66. The number of aliphatic hydroxyl groups is 1. The van der Waals surface area contributed by atoms with Gasteiger partial charge in [-0.25, -0.2) is 13.8 Å². The van der Waals surface area contributed by atoms with Crippen molar-refractivity contribution in [1.82, 2.24) is 19.7 Å². The van der Waals surface area contributed by atoms with E-state index in [0.29, 0.717) is 12.2 Å². The number of halogens is 3. The molecule has 0 saturated heterocycles. The quantitative estimate of drug-likeness (QED) is 0.552. The summed E-state index contributed by atoms with van der Waals surface area (Å²) in [7, 11) is 0. The van der Waals surface area contributed by atoms with E-state index in [-0.39, 0.29) is 28.9 Å². The third kappa shape index (κ3) is 5.37. The average Bonchev–Trinajstić information content (AvgIpc) is 3.03. The molecule has 0 aliphatic carbocycles. The molecule has 3 aromatic rings. The molecule has 2 aromatic heterocycles. The Morgan fingerprint density at radius 2 is 2.04 bits per heavy atom. The Hall–Kier alpha value is -2.78. The Morgan fingerprint density at radius 3 is 2.79 bits per heavy atom. The zero-order valence-electron chi connectivity index (χ0n) is 15.2. The standard InChI is InChI=1S/C18H19ClF2N6O/c1-18(2,28)10-27-9-13(7-24-27)25-17-23-8-14(19)16(26-17)22-6-11-5-12(20)3-4-15(11)21/h3-5,7-9,28H,6,10H2,1-2H3,(H2,22,23,25,26). The molecule has 0 radical (unpaired) electrons. The molecule has 0 bridgehead atoms. The van der Waals surface area contributed by atoms with Gasteiger partial charge in [-0.1, -0.05) is 11.6 Å². The van der Waals surface area contributed by atoms with Crippen LogP contribution < -0.4 is 10.6 Å². The first-order valence-electron chi connectivity index (χ1n) is 8.42. The zero-order valence-corrected chi connectivity index (χ0v) is 16.0. The molecule has 148 valence electrons. The smallest absolute Gasteiger partial charge is 0.229 e. The number of benzene rings is 1. The lowest BCUT2D eigenvalue weighted by molar-refractivity contribution is 0.0578. The van der Waals surface area contributed by atoms with Crippen LogP contribution in [-0.4, -0.2) is 30.5 Å². The molecule has 3 rings (SSSR count). The molecular formula is C18H19ClF2N6O. The van der Waals surface area contributed by atoms with Crippen LogP contribution in [0.4, 0.5) is 26.2 Å². The van der Waals surface area contributed by atoms with E-state index in [0.717, 1.165) is 18.2 Å². The second-order valence-electron chi connectivity index (χ2n) is 6.84. The van der Waals surface area contributed by atoms with Crippen LogP contribution in [0.15, 0.2) is 36.8 Å². The topological polar surface area (TPSA) is 87.9 Å². The summed E-state index contributed by atoms with van der Waals surface area (Å²) in [4.78, 5) is 8.34. The minimum Gasteiger partial charge on any atom is -0.389 e. The van der Waals surface area contributed by atoms with Crippen molar-refractivity contribution < 1.29 is 13.9 Å². The van der Waals surface area contributed by atoms with Crippen LogP contribution in [0.2, 0.25) is 5.02 Å². The predicted molar refractivity (Wildman–Crippen MR) is 103 cm³/mol. The molecular weight excluding hydrogens is 390 g/mol. The summed E-state index contributed by atoms with van der Waals surface area (Å²) in [6, 6.07) is 3.22. The molecule has 10 heteroatoms. The van der Waals surface area contributed by atoms with Gasteiger partial charge >= 0.3 is 0 Å². The van der Waals surface area contributed by atoms with Gasteiger partial charge in [0, 0.05) is 18.3 Å². The molecule has 7 nitrogen and oxygen atoms in total. The first-order chi connectivity index (χ1) is 13.2. The fourth-order valence-electron chi connectivity index (χ4n) is 2.45. The maximum atomic E-state index is 13.7. The lowest BCUT2D eigenvalue weighted by Gasteiger charge is -2.16. The highest BCUT2D eigenvalue weighted by Crippen LogP contribution is 2.22. The molecule has 0 fully saturated rings. The summed E-state index contributed by atoms with van der Waals surface area (Å²) in [5.41, 5.74) is -0.130. The van der Waals surface area contributed by atoms with Gasteiger partial charge in [0.05, 0.1) is 30.2 Å². The fourth-order valence-corrected chi connectivity index (χ4v) is 2.61. The van der Waals surface area contributed by atoms with Crippen LogP contribution in [0.1, 0.15) is 19.4 Å². The Bertz CT molecular complexity index is 973. The van der Waals surface area contributed by atoms with Crippen molar-refractivity contribution in [2.45, 2.75) is 32.5 Å². The van der Waals surface area contributed by atoms with Gasteiger partial charge in [-0.05, 0) is 32.0 Å². The van der Waals surface area contributed by atoms with Crippen molar-refractivity contribution in [3.63, 3.8) is 0 Å². The summed E-state index contributed by atoms with van der Waals surface area (Å²) >= 11 is 6.09. The van der Waals surface area contributed by atoms with Crippen LogP contribution in [0.5, 0.6) is 0 Å². The van der Waals surface area contributed by atoms with E-state index in [2.05, 4.69) is 25.7 Å². The molecule has 0 aliphatic rings. The maximum Gasteiger partial charge on any atom is 0.229 e. The van der Waals surface area contributed by atoms with Gasteiger partial charge in [-0.3, -0.25) is 4.68 Å². The van der Waals surface area contributed by atoms with Crippen LogP contribution in [-0.2, 0) is 13.1 Å². The average molecular weight is 409 g/mol. The zero-order chi connectivity index (χ0) is 20.3. The van der Waals surface area contributed by atoms with Crippen molar-refractivity contribution in [3.05, 3.63) is 59.0 Å². The first-order valence-corrected chi connectivity index (χ1v) is 8.79. The molecule has 0 saturated carbocycles. The van der Waals surface area contributed by atoms with Gasteiger partial charge in [0.25, 0.3) is 0 Å². The number of hydrogen-bond acceptors (Lipinski definition) is 6. The number of nitrogens with one attached hydrogen (secondary N) is 2. The molecule has 2 heterocycles. The second-order valence-corrected chi connectivity index (χ2v) is 7.25. The van der Waals surface area contributed by atoms with Gasteiger partial charge < -0.3 is 15.7 Å². The van der Waals surface area contributed by atoms with Gasteiger partial charge in [0.1, 0.15) is 16.7 Å². The third-order valence-electron chi connectivity index (χ3n) is 3.64. The van der Waals surface area contributed by atoms with Crippen molar-refractivity contribution >= 4 is 29.1 Å². The fraction of sp³-hybridized carbons (Fsp3) is 0.278. The first kappa shape index (κ1) is 20.0. The van der Waals surface area contributed by atoms with E-state index in [1.807, 2.05) is 0 Å². The van der Waals surface area contributed by atoms with Crippen LogP contribution in [0.3, 0.4) is 0 Å². The summed E-state index contributed by atoms with van der Waals surface area (Å²) in [6.45, 7) is 3.69. The number of anilines is 3. The number of hydrogen-bond donors (Lipinski definition) is 3. The molecule has 1 aromatic carbocycles. The molecule has 0 spiro atoms. The van der Waals surface area contributed by atoms with E-state index in [9.17, 15) is 13.9 Å². The molecule has 0 unspecified atom stereocenters. The van der Waals surface area contributed by atoms with Crippen LogP contribution in [0, 0.1) is 11.6 Å². The largest absolute Gasteiger partial charge is 0.389 e. The molecule has 0 amide bonds. The Balaban J connectivity index is 1.70. The summed E-state index contributed by atoms with van der Waals surface area (Å²) < 4.78 is 28.6. The highest BCUT2D eigenvalue weighted by Gasteiger charge is 2.14. The second kappa shape index (κ2) is 8.07. The van der Waals surface area contributed by atoms with E-state index < -0.39 is 17.2 Å².